The molecule has 92 valence electrons. The first-order valence-corrected chi connectivity index (χ1v) is 7.30. The molecule has 1 unspecified atom stereocenters. The third-order valence-electron chi connectivity index (χ3n) is 3.09. The van der Waals surface area contributed by atoms with Crippen LogP contribution in [0.5, 0.6) is 0 Å². The predicted octanol–water partition coefficient (Wildman–Crippen LogP) is -0.0966. The van der Waals surface area contributed by atoms with Gasteiger partial charge in [-0.25, -0.2) is 0 Å². The molecule has 0 spiro atoms. The van der Waals surface area contributed by atoms with Crippen LogP contribution in [0.4, 0.5) is 0 Å². The second-order valence-electron chi connectivity index (χ2n) is 4.51. The fraction of sp³-hybridized carbons (Fsp3) is 0.909. The average Bonchev–Trinajstić information content (AvgIpc) is 2.62. The summed E-state index contributed by atoms with van der Waals surface area (Å²) >= 11 is 1.94. The molecule has 0 aromatic heterocycles. The van der Waals surface area contributed by atoms with E-state index in [-0.39, 0.29) is 5.91 Å². The van der Waals surface area contributed by atoms with E-state index in [0.717, 1.165) is 44.8 Å². The Balaban J connectivity index is 1.68. The highest BCUT2D eigenvalue weighted by molar-refractivity contribution is 7.99. The van der Waals surface area contributed by atoms with Crippen LogP contribution in [-0.4, -0.2) is 61.1 Å². The van der Waals surface area contributed by atoms with Crippen molar-refractivity contribution in [3.8, 4) is 0 Å². The Morgan fingerprint density at radius 2 is 2.38 bits per heavy atom. The van der Waals surface area contributed by atoms with Crippen LogP contribution >= 0.6 is 11.8 Å². The van der Waals surface area contributed by atoms with Gasteiger partial charge in [-0.05, 0) is 31.7 Å². The number of rotatable bonds is 3. The molecule has 16 heavy (non-hydrogen) atoms. The van der Waals surface area contributed by atoms with E-state index in [1.807, 2.05) is 11.8 Å². The van der Waals surface area contributed by atoms with Crippen molar-refractivity contribution in [3.63, 3.8) is 0 Å². The van der Waals surface area contributed by atoms with E-state index in [1.54, 1.807) is 0 Å². The molecule has 4 nitrogen and oxygen atoms in total. The SMILES string of the molecule is O=C(CN1CCCNCC1)NC1CCSC1. The fourth-order valence-corrected chi connectivity index (χ4v) is 3.34. The molecule has 0 saturated carbocycles. The maximum atomic E-state index is 11.8. The minimum Gasteiger partial charge on any atom is -0.351 e. The zero-order chi connectivity index (χ0) is 11.2. The molecule has 2 saturated heterocycles. The number of carbonyl (C=O) groups is 1. The van der Waals surface area contributed by atoms with Crippen LogP contribution in [-0.2, 0) is 4.79 Å². The van der Waals surface area contributed by atoms with Crippen molar-refractivity contribution in [1.82, 2.24) is 15.5 Å². The van der Waals surface area contributed by atoms with Gasteiger partial charge in [-0.2, -0.15) is 11.8 Å². The van der Waals surface area contributed by atoms with E-state index in [0.29, 0.717) is 12.6 Å². The van der Waals surface area contributed by atoms with Gasteiger partial charge in [-0.1, -0.05) is 0 Å². The first-order valence-electron chi connectivity index (χ1n) is 6.15. The molecular formula is C11H21N3OS. The average molecular weight is 243 g/mol. The second kappa shape index (κ2) is 6.47. The summed E-state index contributed by atoms with van der Waals surface area (Å²) in [6.45, 7) is 4.69. The number of amides is 1. The van der Waals surface area contributed by atoms with Crippen LogP contribution in [0.1, 0.15) is 12.8 Å². The van der Waals surface area contributed by atoms with E-state index < -0.39 is 0 Å². The van der Waals surface area contributed by atoms with Crippen molar-refractivity contribution < 1.29 is 4.79 Å². The quantitative estimate of drug-likeness (QED) is 0.727. The lowest BCUT2D eigenvalue weighted by Crippen LogP contribution is -2.43. The fourth-order valence-electron chi connectivity index (χ4n) is 2.18. The lowest BCUT2D eigenvalue weighted by atomic mass is 10.2. The second-order valence-corrected chi connectivity index (χ2v) is 5.66. The normalized spacial score (nSPS) is 27.6. The van der Waals surface area contributed by atoms with Gasteiger partial charge in [0.1, 0.15) is 0 Å². The number of carbonyl (C=O) groups excluding carboxylic acids is 1. The maximum absolute atomic E-state index is 11.8. The van der Waals surface area contributed by atoms with Crippen molar-refractivity contribution >= 4 is 17.7 Å². The van der Waals surface area contributed by atoms with Crippen LogP contribution in [0, 0.1) is 0 Å². The number of hydrogen-bond donors (Lipinski definition) is 2. The van der Waals surface area contributed by atoms with E-state index >= 15 is 0 Å². The van der Waals surface area contributed by atoms with E-state index in [9.17, 15) is 4.79 Å². The molecule has 0 aromatic carbocycles. The Labute approximate surface area is 102 Å². The highest BCUT2D eigenvalue weighted by atomic mass is 32.2. The number of nitrogens with zero attached hydrogens (tertiary/aromatic N) is 1. The van der Waals surface area contributed by atoms with Crippen molar-refractivity contribution in [2.24, 2.45) is 0 Å². The molecule has 0 aromatic rings. The third kappa shape index (κ3) is 3.96. The van der Waals surface area contributed by atoms with Gasteiger partial charge in [0.05, 0.1) is 6.54 Å². The van der Waals surface area contributed by atoms with Gasteiger partial charge < -0.3 is 10.6 Å². The van der Waals surface area contributed by atoms with Gasteiger partial charge in [0.25, 0.3) is 0 Å². The highest BCUT2D eigenvalue weighted by Crippen LogP contribution is 2.16. The molecule has 0 bridgehead atoms. The van der Waals surface area contributed by atoms with Crippen LogP contribution in [0.3, 0.4) is 0 Å². The molecule has 2 aliphatic rings. The smallest absolute Gasteiger partial charge is 0.234 e. The Morgan fingerprint density at radius 3 is 3.19 bits per heavy atom. The van der Waals surface area contributed by atoms with Gasteiger partial charge in [0.15, 0.2) is 0 Å². The maximum Gasteiger partial charge on any atom is 0.234 e. The van der Waals surface area contributed by atoms with Gasteiger partial charge in [-0.15, -0.1) is 0 Å². The molecule has 2 aliphatic heterocycles. The molecule has 2 heterocycles. The largest absolute Gasteiger partial charge is 0.351 e. The molecular weight excluding hydrogens is 222 g/mol. The molecule has 2 fully saturated rings. The molecule has 1 amide bonds. The van der Waals surface area contributed by atoms with Crippen LogP contribution in [0.2, 0.25) is 0 Å². The van der Waals surface area contributed by atoms with E-state index in [4.69, 9.17) is 0 Å². The summed E-state index contributed by atoms with van der Waals surface area (Å²) in [5.74, 6) is 2.49. The van der Waals surface area contributed by atoms with Crippen LogP contribution in [0.25, 0.3) is 0 Å². The monoisotopic (exact) mass is 243 g/mol. The summed E-state index contributed by atoms with van der Waals surface area (Å²) in [6.07, 6.45) is 2.28. The van der Waals surface area contributed by atoms with Gasteiger partial charge in [-0.3, -0.25) is 9.69 Å². The Morgan fingerprint density at radius 1 is 1.44 bits per heavy atom. The lowest BCUT2D eigenvalue weighted by molar-refractivity contribution is -0.122. The first kappa shape index (κ1) is 12.2. The Bertz CT molecular complexity index is 223. The van der Waals surface area contributed by atoms with E-state index in [1.165, 1.54) is 5.75 Å². The van der Waals surface area contributed by atoms with Crippen molar-refractivity contribution in [2.45, 2.75) is 18.9 Å². The first-order chi connectivity index (χ1) is 7.84. The minimum absolute atomic E-state index is 0.203. The van der Waals surface area contributed by atoms with E-state index in [2.05, 4.69) is 15.5 Å². The zero-order valence-corrected chi connectivity index (χ0v) is 10.5. The van der Waals surface area contributed by atoms with Crippen LogP contribution in [0.15, 0.2) is 0 Å². The summed E-state index contributed by atoms with van der Waals surface area (Å²) in [7, 11) is 0. The Hall–Kier alpha value is -0.260. The molecule has 5 heteroatoms. The molecule has 2 rings (SSSR count). The molecule has 0 radical (unpaired) electrons. The van der Waals surface area contributed by atoms with Crippen molar-refractivity contribution in [1.29, 1.82) is 0 Å². The summed E-state index contributed by atoms with van der Waals surface area (Å²) in [5, 5.41) is 6.47. The summed E-state index contributed by atoms with van der Waals surface area (Å²) in [5.41, 5.74) is 0. The minimum atomic E-state index is 0.203. The summed E-state index contributed by atoms with van der Waals surface area (Å²) < 4.78 is 0. The van der Waals surface area contributed by atoms with Gasteiger partial charge >= 0.3 is 0 Å². The molecule has 2 N–H and O–H groups in total. The zero-order valence-electron chi connectivity index (χ0n) is 9.71. The number of hydrogen-bond acceptors (Lipinski definition) is 4. The van der Waals surface area contributed by atoms with Gasteiger partial charge in [0.2, 0.25) is 5.91 Å². The topological polar surface area (TPSA) is 44.4 Å². The number of nitrogens with one attached hydrogen (secondary N) is 2. The van der Waals surface area contributed by atoms with Gasteiger partial charge in [0, 0.05) is 24.9 Å². The van der Waals surface area contributed by atoms with Crippen molar-refractivity contribution in [3.05, 3.63) is 0 Å². The van der Waals surface area contributed by atoms with Crippen molar-refractivity contribution in [2.75, 3.05) is 44.2 Å². The number of thioether (sulfide) groups is 1. The summed E-state index contributed by atoms with van der Waals surface area (Å²) in [6, 6.07) is 0.419. The summed E-state index contributed by atoms with van der Waals surface area (Å²) in [4.78, 5) is 14.0. The predicted molar refractivity (Wildman–Crippen MR) is 67.8 cm³/mol. The lowest BCUT2D eigenvalue weighted by Gasteiger charge is -2.20. The van der Waals surface area contributed by atoms with Crippen LogP contribution < -0.4 is 10.6 Å². The Kier molecular flexibility index (Phi) is 4.93. The molecule has 0 aliphatic carbocycles. The standard InChI is InChI=1S/C11H21N3OS/c15-11(13-10-2-7-16-9-10)8-14-5-1-3-12-4-6-14/h10,12H,1-9H2,(H,13,15). The molecule has 1 atom stereocenters. The third-order valence-corrected chi connectivity index (χ3v) is 4.26. The highest BCUT2D eigenvalue weighted by Gasteiger charge is 2.19.